The third-order valence-corrected chi connectivity index (χ3v) is 5.34. The van der Waals surface area contributed by atoms with Crippen LogP contribution in [0.4, 0.5) is 0 Å². The molecule has 0 fully saturated rings. The molecule has 0 spiro atoms. The van der Waals surface area contributed by atoms with Gasteiger partial charge in [0.25, 0.3) is 5.56 Å². The second-order valence-electron chi connectivity index (χ2n) is 5.06. The van der Waals surface area contributed by atoms with Crippen molar-refractivity contribution in [3.05, 3.63) is 63.2 Å². The van der Waals surface area contributed by atoms with Crippen LogP contribution in [-0.2, 0) is 6.54 Å². The highest BCUT2D eigenvalue weighted by Gasteiger charge is 2.15. The molecule has 0 aromatic carbocycles. The Balaban J connectivity index is 1.79. The van der Waals surface area contributed by atoms with Gasteiger partial charge in [0.1, 0.15) is 10.6 Å². The number of hydrogen-bond acceptors (Lipinski definition) is 6. The molecule has 0 aliphatic heterocycles. The molecular weight excluding hydrogens is 348 g/mol. The van der Waals surface area contributed by atoms with Crippen molar-refractivity contribution in [2.24, 2.45) is 0 Å². The summed E-state index contributed by atoms with van der Waals surface area (Å²) in [6.45, 7) is 0.134. The first kappa shape index (κ1) is 14.9. The van der Waals surface area contributed by atoms with Crippen LogP contribution in [0.2, 0.25) is 0 Å². The van der Waals surface area contributed by atoms with Crippen LogP contribution in [-0.4, -0.2) is 20.6 Å². The van der Waals surface area contributed by atoms with Gasteiger partial charge in [-0.2, -0.15) is 0 Å². The average molecular weight is 358 g/mol. The summed E-state index contributed by atoms with van der Waals surface area (Å²) < 4.78 is 6.64. The standard InChI is InChI=1S/C16H10N2O4S2/c19-15-13-10(12-2-1-5-23-12)7-24-14(13)17-8-18(15)6-9-3-4-11(22-9)16(20)21/h1-5,7-8H,6H2,(H,20,21). The van der Waals surface area contributed by atoms with E-state index in [0.29, 0.717) is 16.0 Å². The van der Waals surface area contributed by atoms with Crippen LogP contribution in [0.25, 0.3) is 20.7 Å². The topological polar surface area (TPSA) is 85.3 Å². The number of aromatic carboxylic acids is 1. The van der Waals surface area contributed by atoms with Gasteiger partial charge in [-0.25, -0.2) is 9.78 Å². The van der Waals surface area contributed by atoms with E-state index in [2.05, 4.69) is 4.98 Å². The van der Waals surface area contributed by atoms with E-state index in [9.17, 15) is 9.59 Å². The number of furan rings is 1. The molecule has 0 aliphatic rings. The zero-order valence-corrected chi connectivity index (χ0v) is 13.8. The Hall–Kier alpha value is -2.71. The van der Waals surface area contributed by atoms with E-state index in [0.717, 1.165) is 10.4 Å². The number of fused-ring (bicyclic) bond motifs is 1. The number of carboxylic acids is 1. The third kappa shape index (κ3) is 2.45. The SMILES string of the molecule is O=C(O)c1ccc(Cn2cnc3scc(-c4cccs4)c3c2=O)o1. The highest BCUT2D eigenvalue weighted by Crippen LogP contribution is 2.33. The number of aromatic nitrogens is 2. The Bertz CT molecular complexity index is 1090. The van der Waals surface area contributed by atoms with Crippen molar-refractivity contribution in [1.82, 2.24) is 9.55 Å². The third-order valence-electron chi connectivity index (χ3n) is 3.55. The summed E-state index contributed by atoms with van der Waals surface area (Å²) >= 11 is 3.00. The summed E-state index contributed by atoms with van der Waals surface area (Å²) in [5, 5.41) is 13.4. The molecule has 0 saturated heterocycles. The molecule has 0 amide bonds. The van der Waals surface area contributed by atoms with Crippen molar-refractivity contribution in [3.63, 3.8) is 0 Å². The fourth-order valence-corrected chi connectivity index (χ4v) is 4.16. The van der Waals surface area contributed by atoms with Gasteiger partial charge in [0.15, 0.2) is 0 Å². The van der Waals surface area contributed by atoms with Gasteiger partial charge in [-0.3, -0.25) is 9.36 Å². The van der Waals surface area contributed by atoms with E-state index in [1.54, 1.807) is 17.4 Å². The predicted octanol–water partition coefficient (Wildman–Crippen LogP) is 3.53. The van der Waals surface area contributed by atoms with Gasteiger partial charge in [-0.15, -0.1) is 22.7 Å². The monoisotopic (exact) mass is 358 g/mol. The largest absolute Gasteiger partial charge is 0.475 e. The van der Waals surface area contributed by atoms with Gasteiger partial charge >= 0.3 is 5.97 Å². The lowest BCUT2D eigenvalue weighted by Gasteiger charge is -2.03. The lowest BCUT2D eigenvalue weighted by Crippen LogP contribution is -2.20. The Labute approximate surface area is 143 Å². The predicted molar refractivity (Wildman–Crippen MR) is 92.0 cm³/mol. The fourth-order valence-electron chi connectivity index (χ4n) is 2.44. The van der Waals surface area contributed by atoms with Crippen molar-refractivity contribution in [2.75, 3.05) is 0 Å². The molecule has 120 valence electrons. The quantitative estimate of drug-likeness (QED) is 0.603. The second kappa shape index (κ2) is 5.73. The molecule has 0 saturated carbocycles. The van der Waals surface area contributed by atoms with E-state index < -0.39 is 5.97 Å². The average Bonchev–Trinajstić information content (AvgIpc) is 3.29. The number of nitrogens with zero attached hydrogens (tertiary/aromatic N) is 2. The van der Waals surface area contributed by atoms with E-state index in [1.165, 1.54) is 28.3 Å². The first-order chi connectivity index (χ1) is 11.6. The highest BCUT2D eigenvalue weighted by molar-refractivity contribution is 7.18. The van der Waals surface area contributed by atoms with E-state index in [-0.39, 0.29) is 17.9 Å². The Morgan fingerprint density at radius 2 is 2.17 bits per heavy atom. The summed E-state index contributed by atoms with van der Waals surface area (Å²) in [6.07, 6.45) is 1.46. The van der Waals surface area contributed by atoms with Gasteiger partial charge in [-0.1, -0.05) is 6.07 Å². The minimum atomic E-state index is -1.14. The molecule has 4 aromatic rings. The summed E-state index contributed by atoms with van der Waals surface area (Å²) in [5.41, 5.74) is 0.709. The summed E-state index contributed by atoms with van der Waals surface area (Å²) in [7, 11) is 0. The number of thiophene rings is 2. The van der Waals surface area contributed by atoms with Crippen LogP contribution in [0.1, 0.15) is 16.3 Å². The van der Waals surface area contributed by atoms with Crippen LogP contribution < -0.4 is 5.56 Å². The maximum Gasteiger partial charge on any atom is 0.371 e. The van der Waals surface area contributed by atoms with Gasteiger partial charge in [0.2, 0.25) is 5.76 Å². The lowest BCUT2D eigenvalue weighted by molar-refractivity contribution is 0.0660. The molecule has 6 nitrogen and oxygen atoms in total. The smallest absolute Gasteiger partial charge is 0.371 e. The molecule has 24 heavy (non-hydrogen) atoms. The second-order valence-corrected chi connectivity index (χ2v) is 6.86. The molecule has 0 radical (unpaired) electrons. The zero-order valence-electron chi connectivity index (χ0n) is 12.1. The molecule has 4 heterocycles. The van der Waals surface area contributed by atoms with Crippen LogP contribution in [0.5, 0.6) is 0 Å². The molecule has 4 aromatic heterocycles. The van der Waals surface area contributed by atoms with E-state index in [1.807, 2.05) is 22.9 Å². The van der Waals surface area contributed by atoms with Gasteiger partial charge < -0.3 is 9.52 Å². The minimum Gasteiger partial charge on any atom is -0.475 e. The zero-order chi connectivity index (χ0) is 16.7. The van der Waals surface area contributed by atoms with Crippen LogP contribution in [0.3, 0.4) is 0 Å². The van der Waals surface area contributed by atoms with Crippen LogP contribution >= 0.6 is 22.7 Å². The van der Waals surface area contributed by atoms with Crippen molar-refractivity contribution in [2.45, 2.75) is 6.54 Å². The van der Waals surface area contributed by atoms with Crippen molar-refractivity contribution in [3.8, 4) is 10.4 Å². The number of carboxylic acid groups (broad SMARTS) is 1. The molecule has 4 rings (SSSR count). The molecule has 0 bridgehead atoms. The molecule has 0 aliphatic carbocycles. The fraction of sp³-hybridized carbons (Fsp3) is 0.0625. The van der Waals surface area contributed by atoms with Gasteiger partial charge in [0, 0.05) is 15.8 Å². The molecule has 0 unspecified atom stereocenters. The van der Waals surface area contributed by atoms with Crippen molar-refractivity contribution < 1.29 is 14.3 Å². The molecule has 0 atom stereocenters. The van der Waals surface area contributed by atoms with Gasteiger partial charge in [-0.05, 0) is 23.6 Å². The summed E-state index contributed by atoms with van der Waals surface area (Å²) in [5.74, 6) is -0.898. The lowest BCUT2D eigenvalue weighted by atomic mass is 10.2. The Morgan fingerprint density at radius 3 is 2.88 bits per heavy atom. The maximum absolute atomic E-state index is 12.8. The summed E-state index contributed by atoms with van der Waals surface area (Å²) in [4.78, 5) is 29.7. The first-order valence-corrected chi connectivity index (χ1v) is 8.72. The van der Waals surface area contributed by atoms with E-state index in [4.69, 9.17) is 9.52 Å². The Kier molecular flexibility index (Phi) is 3.55. The van der Waals surface area contributed by atoms with Crippen LogP contribution in [0.15, 0.2) is 50.6 Å². The van der Waals surface area contributed by atoms with Crippen molar-refractivity contribution in [1.29, 1.82) is 0 Å². The van der Waals surface area contributed by atoms with Crippen LogP contribution in [0, 0.1) is 0 Å². The first-order valence-electron chi connectivity index (χ1n) is 6.96. The molecular formula is C16H10N2O4S2. The number of rotatable bonds is 4. The van der Waals surface area contributed by atoms with Gasteiger partial charge in [0.05, 0.1) is 18.3 Å². The van der Waals surface area contributed by atoms with Crippen molar-refractivity contribution >= 4 is 38.9 Å². The summed E-state index contributed by atoms with van der Waals surface area (Å²) in [6, 6.07) is 6.83. The Morgan fingerprint density at radius 1 is 1.29 bits per heavy atom. The normalized spacial score (nSPS) is 11.2. The highest BCUT2D eigenvalue weighted by atomic mass is 32.1. The number of carbonyl (C=O) groups is 1. The molecule has 8 heteroatoms. The maximum atomic E-state index is 12.8. The minimum absolute atomic E-state index is 0.134. The number of hydrogen-bond donors (Lipinski definition) is 1. The molecule has 1 N–H and O–H groups in total. The van der Waals surface area contributed by atoms with E-state index >= 15 is 0 Å².